The van der Waals surface area contributed by atoms with Gasteiger partial charge in [0.15, 0.2) is 5.82 Å². The fourth-order valence-electron chi connectivity index (χ4n) is 1.53. The van der Waals surface area contributed by atoms with Gasteiger partial charge in [-0.1, -0.05) is 12.1 Å². The number of halogens is 1. The molecule has 102 valence electrons. The van der Waals surface area contributed by atoms with Crippen molar-refractivity contribution in [2.24, 2.45) is 0 Å². The van der Waals surface area contributed by atoms with Gasteiger partial charge in [-0.2, -0.15) is 5.10 Å². The quantitative estimate of drug-likeness (QED) is 0.778. The minimum Gasteiger partial charge on any atom is -0.381 e. The number of rotatable bonds is 4. The first-order valence-corrected chi connectivity index (χ1v) is 8.10. The monoisotopic (exact) mass is 392 g/mol. The summed E-state index contributed by atoms with van der Waals surface area (Å²) in [6, 6.07) is 7.11. The van der Waals surface area contributed by atoms with Crippen LogP contribution in [-0.4, -0.2) is 18.2 Å². The number of hydrogen-bond donors (Lipinski definition) is 2. The molecule has 0 saturated heterocycles. The van der Waals surface area contributed by atoms with Crippen molar-refractivity contribution in [1.82, 2.24) is 9.78 Å². The predicted octanol–water partition coefficient (Wildman–Crippen LogP) is 1.89. The van der Waals surface area contributed by atoms with Gasteiger partial charge in [0.1, 0.15) is 4.90 Å². The number of nitrogen functional groups attached to an aromatic ring is 1. The van der Waals surface area contributed by atoms with Gasteiger partial charge < -0.3 is 5.73 Å². The minimum atomic E-state index is -3.72. The molecule has 0 radical (unpaired) electrons. The zero-order chi connectivity index (χ0) is 14.0. The van der Waals surface area contributed by atoms with Crippen molar-refractivity contribution < 1.29 is 8.42 Å². The number of hydrogen-bond acceptors (Lipinski definition) is 4. The van der Waals surface area contributed by atoms with Crippen LogP contribution >= 0.6 is 22.6 Å². The second-order valence-electron chi connectivity index (χ2n) is 3.82. The van der Waals surface area contributed by atoms with Gasteiger partial charge in [-0.15, -0.1) is 0 Å². The molecule has 0 saturated carbocycles. The molecule has 2 aromatic rings. The van der Waals surface area contributed by atoms with E-state index >= 15 is 0 Å². The third kappa shape index (κ3) is 3.00. The Morgan fingerprint density at radius 3 is 2.68 bits per heavy atom. The molecule has 0 unspecified atom stereocenters. The van der Waals surface area contributed by atoms with Gasteiger partial charge in [0.25, 0.3) is 10.0 Å². The average molecular weight is 392 g/mol. The van der Waals surface area contributed by atoms with E-state index in [2.05, 4.69) is 32.4 Å². The number of nitrogens with one attached hydrogen (secondary N) is 1. The molecule has 0 aliphatic rings. The number of sulfonamides is 1. The van der Waals surface area contributed by atoms with E-state index < -0.39 is 10.0 Å². The van der Waals surface area contributed by atoms with E-state index in [0.717, 1.165) is 3.57 Å². The van der Waals surface area contributed by atoms with Crippen molar-refractivity contribution in [2.75, 3.05) is 10.5 Å². The van der Waals surface area contributed by atoms with Crippen LogP contribution in [0.2, 0.25) is 0 Å². The van der Waals surface area contributed by atoms with E-state index in [1.54, 1.807) is 12.1 Å². The molecular formula is C11H13IN4O2S. The number of para-hydroxylation sites is 1. The van der Waals surface area contributed by atoms with Crippen LogP contribution in [0, 0.1) is 3.57 Å². The van der Waals surface area contributed by atoms with Gasteiger partial charge >= 0.3 is 0 Å². The number of aryl methyl sites for hydroxylation is 1. The first kappa shape index (κ1) is 14.1. The summed E-state index contributed by atoms with van der Waals surface area (Å²) in [5, 5.41) is 3.93. The second kappa shape index (κ2) is 5.37. The molecule has 0 fully saturated rings. The van der Waals surface area contributed by atoms with Crippen molar-refractivity contribution in [3.8, 4) is 0 Å². The molecule has 1 heterocycles. The van der Waals surface area contributed by atoms with E-state index in [1.165, 1.54) is 10.9 Å². The van der Waals surface area contributed by atoms with Crippen molar-refractivity contribution in [3.05, 3.63) is 34.0 Å². The first-order chi connectivity index (χ1) is 8.94. The van der Waals surface area contributed by atoms with Crippen LogP contribution in [0.3, 0.4) is 0 Å². The molecule has 1 aromatic carbocycles. The molecule has 19 heavy (non-hydrogen) atoms. The van der Waals surface area contributed by atoms with E-state index in [1.807, 2.05) is 19.1 Å². The molecule has 8 heteroatoms. The Morgan fingerprint density at radius 2 is 2.11 bits per heavy atom. The molecule has 6 nitrogen and oxygen atoms in total. The zero-order valence-electron chi connectivity index (χ0n) is 10.2. The summed E-state index contributed by atoms with van der Waals surface area (Å²) in [6.45, 7) is 2.42. The van der Waals surface area contributed by atoms with E-state index in [0.29, 0.717) is 12.2 Å². The van der Waals surface area contributed by atoms with Crippen LogP contribution < -0.4 is 10.5 Å². The van der Waals surface area contributed by atoms with Gasteiger partial charge in [0, 0.05) is 16.3 Å². The Labute approximate surface area is 125 Å². The van der Waals surface area contributed by atoms with E-state index in [9.17, 15) is 8.42 Å². The lowest BCUT2D eigenvalue weighted by molar-refractivity contribution is 0.600. The van der Waals surface area contributed by atoms with Gasteiger partial charge in [-0.25, -0.2) is 8.42 Å². The topological polar surface area (TPSA) is 90.0 Å². The summed E-state index contributed by atoms with van der Waals surface area (Å²) in [4.78, 5) is -0.00555. The summed E-state index contributed by atoms with van der Waals surface area (Å²) < 4.78 is 29.3. The van der Waals surface area contributed by atoms with E-state index in [-0.39, 0.29) is 10.7 Å². The molecular weight excluding hydrogens is 379 g/mol. The highest BCUT2D eigenvalue weighted by atomic mass is 127. The fourth-order valence-corrected chi connectivity index (χ4v) is 3.39. The largest absolute Gasteiger partial charge is 0.381 e. The zero-order valence-corrected chi connectivity index (χ0v) is 13.1. The third-order valence-corrected chi connectivity index (χ3v) is 4.81. The van der Waals surface area contributed by atoms with Gasteiger partial charge in [-0.3, -0.25) is 9.40 Å². The van der Waals surface area contributed by atoms with Crippen LogP contribution in [0.1, 0.15) is 6.92 Å². The van der Waals surface area contributed by atoms with Crippen LogP contribution in [0.25, 0.3) is 0 Å². The highest BCUT2D eigenvalue weighted by Crippen LogP contribution is 2.23. The first-order valence-electron chi connectivity index (χ1n) is 5.54. The Kier molecular flexibility index (Phi) is 3.99. The summed E-state index contributed by atoms with van der Waals surface area (Å²) in [6.07, 6.45) is 1.42. The van der Waals surface area contributed by atoms with Crippen molar-refractivity contribution in [2.45, 2.75) is 18.4 Å². The van der Waals surface area contributed by atoms with Crippen LogP contribution in [-0.2, 0) is 16.6 Å². The third-order valence-electron chi connectivity index (χ3n) is 2.49. The number of nitrogens with two attached hydrogens (primary N) is 1. The maximum Gasteiger partial charge on any atom is 0.267 e. The summed E-state index contributed by atoms with van der Waals surface area (Å²) in [5.74, 6) is 0.000268. The van der Waals surface area contributed by atoms with Gasteiger partial charge in [0.05, 0.1) is 5.69 Å². The van der Waals surface area contributed by atoms with Crippen molar-refractivity contribution in [3.63, 3.8) is 0 Å². The normalized spacial score (nSPS) is 11.5. The highest BCUT2D eigenvalue weighted by molar-refractivity contribution is 14.1. The lowest BCUT2D eigenvalue weighted by atomic mass is 10.3. The minimum absolute atomic E-state index is 0.000268. The van der Waals surface area contributed by atoms with Gasteiger partial charge in [-0.05, 0) is 41.6 Å². The summed E-state index contributed by atoms with van der Waals surface area (Å²) in [5.41, 5.74) is 6.16. The Bertz CT molecular complexity index is 696. The Morgan fingerprint density at radius 1 is 1.42 bits per heavy atom. The predicted molar refractivity (Wildman–Crippen MR) is 82.3 cm³/mol. The van der Waals surface area contributed by atoms with Crippen molar-refractivity contribution >= 4 is 44.1 Å². The van der Waals surface area contributed by atoms with Crippen LogP contribution in [0.5, 0.6) is 0 Å². The maximum atomic E-state index is 12.3. The summed E-state index contributed by atoms with van der Waals surface area (Å²) in [7, 11) is -3.72. The number of anilines is 2. The van der Waals surface area contributed by atoms with Gasteiger partial charge in [0.2, 0.25) is 0 Å². The molecule has 0 bridgehead atoms. The maximum absolute atomic E-state index is 12.3. The Hall–Kier alpha value is -1.29. The molecule has 0 aliphatic carbocycles. The molecule has 0 aliphatic heterocycles. The molecule has 0 atom stereocenters. The SMILES string of the molecule is CCn1cc(S(=O)(=O)Nc2ccccc2I)c(N)n1. The number of aromatic nitrogens is 2. The average Bonchev–Trinajstić information content (AvgIpc) is 2.74. The fraction of sp³-hybridized carbons (Fsp3) is 0.182. The standard InChI is InChI=1S/C11H13IN4O2S/c1-2-16-7-10(11(13)14-16)19(17,18)15-9-6-4-3-5-8(9)12/h3-7,15H,2H2,1H3,(H2,13,14). The summed E-state index contributed by atoms with van der Waals surface area (Å²) >= 11 is 2.06. The molecule has 0 spiro atoms. The molecule has 3 N–H and O–H groups in total. The lowest BCUT2D eigenvalue weighted by Gasteiger charge is -2.08. The van der Waals surface area contributed by atoms with Crippen molar-refractivity contribution in [1.29, 1.82) is 0 Å². The Balaban J connectivity index is 2.38. The second-order valence-corrected chi connectivity index (χ2v) is 6.63. The molecule has 1 aromatic heterocycles. The lowest BCUT2D eigenvalue weighted by Crippen LogP contribution is -2.14. The van der Waals surface area contributed by atoms with Crippen LogP contribution in [0.4, 0.5) is 11.5 Å². The molecule has 0 amide bonds. The number of benzene rings is 1. The smallest absolute Gasteiger partial charge is 0.267 e. The highest BCUT2D eigenvalue weighted by Gasteiger charge is 2.21. The van der Waals surface area contributed by atoms with Crippen LogP contribution in [0.15, 0.2) is 35.4 Å². The van der Waals surface area contributed by atoms with E-state index in [4.69, 9.17) is 5.73 Å². The molecule has 2 rings (SSSR count). The number of nitrogens with zero attached hydrogens (tertiary/aromatic N) is 2.